The Morgan fingerprint density at radius 2 is 1.80 bits per heavy atom. The number of nitrogens with two attached hydrogens (primary N) is 1. The summed E-state index contributed by atoms with van der Waals surface area (Å²) in [6, 6.07) is 5.23. The van der Waals surface area contributed by atoms with E-state index in [2.05, 4.69) is 4.72 Å². The minimum atomic E-state index is -4.12. The van der Waals surface area contributed by atoms with Gasteiger partial charge in [0.2, 0.25) is 20.0 Å². The van der Waals surface area contributed by atoms with Crippen LogP contribution in [-0.4, -0.2) is 35.6 Å². The van der Waals surface area contributed by atoms with Crippen LogP contribution < -0.4 is 9.86 Å². The molecule has 1 fully saturated rings. The van der Waals surface area contributed by atoms with E-state index in [0.29, 0.717) is 13.0 Å². The van der Waals surface area contributed by atoms with Crippen molar-refractivity contribution in [3.8, 4) is 0 Å². The highest BCUT2D eigenvalue weighted by atomic mass is 32.2. The molecule has 1 saturated heterocycles. The number of hydrogen-bond acceptors (Lipinski definition) is 5. The van der Waals surface area contributed by atoms with Crippen molar-refractivity contribution in [2.75, 3.05) is 13.2 Å². The maximum absolute atomic E-state index is 12.4. The van der Waals surface area contributed by atoms with Crippen LogP contribution in [0.1, 0.15) is 13.3 Å². The van der Waals surface area contributed by atoms with E-state index in [-0.39, 0.29) is 11.5 Å². The Morgan fingerprint density at radius 1 is 1.20 bits per heavy atom. The van der Waals surface area contributed by atoms with Gasteiger partial charge in [0.05, 0.1) is 12.1 Å². The number of primary sulfonamides is 1. The van der Waals surface area contributed by atoms with Crippen molar-refractivity contribution in [2.24, 2.45) is 5.14 Å². The smallest absolute Gasteiger partial charge is 0.242 e. The largest absolute Gasteiger partial charge is 0.379 e. The average molecular weight is 320 g/mol. The third-order valence-corrected chi connectivity index (χ3v) is 5.84. The molecule has 9 heteroatoms. The van der Waals surface area contributed by atoms with Gasteiger partial charge < -0.3 is 4.74 Å². The summed E-state index contributed by atoms with van der Waals surface area (Å²) in [5.74, 6) is 0. The molecule has 0 saturated carbocycles. The second kappa shape index (κ2) is 5.08. The summed E-state index contributed by atoms with van der Waals surface area (Å²) in [7, 11) is -8.13. The van der Waals surface area contributed by atoms with Crippen LogP contribution in [0.5, 0.6) is 0 Å². The summed E-state index contributed by atoms with van der Waals surface area (Å²) in [6.07, 6.45) is 0.518. The number of benzene rings is 1. The van der Waals surface area contributed by atoms with Gasteiger partial charge >= 0.3 is 0 Å². The van der Waals surface area contributed by atoms with Crippen LogP contribution in [-0.2, 0) is 24.8 Å². The fraction of sp³-hybridized carbons (Fsp3) is 0.455. The number of ether oxygens (including phenoxy) is 1. The highest BCUT2D eigenvalue weighted by molar-refractivity contribution is 7.92. The Balaban J connectivity index is 2.45. The van der Waals surface area contributed by atoms with E-state index in [1.807, 2.05) is 0 Å². The Labute approximate surface area is 118 Å². The minimum Gasteiger partial charge on any atom is -0.379 e. The summed E-state index contributed by atoms with van der Waals surface area (Å²) in [5, 5.41) is 5.05. The molecule has 0 radical (unpaired) electrons. The van der Waals surface area contributed by atoms with E-state index in [1.165, 1.54) is 18.2 Å². The molecule has 0 aromatic heterocycles. The van der Waals surface area contributed by atoms with E-state index in [0.717, 1.165) is 6.07 Å². The quantitative estimate of drug-likeness (QED) is 0.796. The lowest BCUT2D eigenvalue weighted by atomic mass is 10.0. The SMILES string of the molecule is CC1(NS(=O)(=O)c2ccccc2S(N)(=O)=O)CCOC1. The van der Waals surface area contributed by atoms with Crippen LogP contribution in [0.2, 0.25) is 0 Å². The zero-order chi connectivity index (χ0) is 15.0. The molecule has 1 aromatic rings. The van der Waals surface area contributed by atoms with Crippen molar-refractivity contribution in [2.45, 2.75) is 28.7 Å². The van der Waals surface area contributed by atoms with Gasteiger partial charge in [0.15, 0.2) is 0 Å². The second-order valence-corrected chi connectivity index (χ2v) is 8.14. The molecular weight excluding hydrogens is 304 g/mol. The maximum Gasteiger partial charge on any atom is 0.242 e. The van der Waals surface area contributed by atoms with Gasteiger partial charge in [0.25, 0.3) is 0 Å². The van der Waals surface area contributed by atoms with Crippen molar-refractivity contribution < 1.29 is 21.6 Å². The summed E-state index contributed by atoms with van der Waals surface area (Å²) < 4.78 is 55.4. The van der Waals surface area contributed by atoms with Crippen LogP contribution in [0.4, 0.5) is 0 Å². The Bertz CT molecular complexity index is 706. The van der Waals surface area contributed by atoms with Crippen LogP contribution in [0, 0.1) is 0 Å². The van der Waals surface area contributed by atoms with Gasteiger partial charge in [0, 0.05) is 6.61 Å². The van der Waals surface area contributed by atoms with Gasteiger partial charge in [0.1, 0.15) is 9.79 Å². The van der Waals surface area contributed by atoms with Crippen LogP contribution in [0.3, 0.4) is 0 Å². The standard InChI is InChI=1S/C11H16N2O5S2/c1-11(6-7-18-8-11)13-20(16,17)10-5-3-2-4-9(10)19(12,14)15/h2-5,13H,6-8H2,1H3,(H2,12,14,15). The molecule has 1 aliphatic rings. The first-order valence-corrected chi connectivity index (χ1v) is 8.91. The monoisotopic (exact) mass is 320 g/mol. The number of nitrogens with one attached hydrogen (secondary N) is 1. The Hall–Kier alpha value is -1.00. The molecule has 0 amide bonds. The lowest BCUT2D eigenvalue weighted by molar-refractivity contribution is 0.178. The molecular formula is C11H16N2O5S2. The fourth-order valence-electron chi connectivity index (χ4n) is 2.03. The lowest BCUT2D eigenvalue weighted by Crippen LogP contribution is -2.46. The van der Waals surface area contributed by atoms with Gasteiger partial charge in [-0.3, -0.25) is 0 Å². The van der Waals surface area contributed by atoms with Crippen molar-refractivity contribution in [3.05, 3.63) is 24.3 Å². The molecule has 20 heavy (non-hydrogen) atoms. The molecule has 112 valence electrons. The van der Waals surface area contributed by atoms with E-state index in [1.54, 1.807) is 6.92 Å². The molecule has 7 nitrogen and oxygen atoms in total. The maximum atomic E-state index is 12.4. The first-order chi connectivity index (χ1) is 9.14. The fourth-order valence-corrected chi connectivity index (χ4v) is 4.84. The summed E-state index contributed by atoms with van der Waals surface area (Å²) in [5.41, 5.74) is -0.746. The molecule has 0 aliphatic carbocycles. The van der Waals surface area contributed by atoms with Gasteiger partial charge in [-0.2, -0.15) is 0 Å². The zero-order valence-electron chi connectivity index (χ0n) is 10.9. The highest BCUT2D eigenvalue weighted by Crippen LogP contribution is 2.24. The topological polar surface area (TPSA) is 116 Å². The third kappa shape index (κ3) is 3.18. The van der Waals surface area contributed by atoms with E-state index < -0.39 is 30.5 Å². The molecule has 0 bridgehead atoms. The van der Waals surface area contributed by atoms with Crippen molar-refractivity contribution in [1.82, 2.24) is 4.72 Å². The Morgan fingerprint density at radius 3 is 2.30 bits per heavy atom. The first-order valence-electron chi connectivity index (χ1n) is 5.88. The third-order valence-electron chi connectivity index (χ3n) is 3.04. The van der Waals surface area contributed by atoms with Crippen LogP contribution in [0.15, 0.2) is 34.1 Å². The number of sulfonamides is 2. The van der Waals surface area contributed by atoms with Crippen LogP contribution in [0.25, 0.3) is 0 Å². The first kappa shape index (κ1) is 15.4. The van der Waals surface area contributed by atoms with Crippen molar-refractivity contribution in [1.29, 1.82) is 0 Å². The molecule has 0 spiro atoms. The van der Waals surface area contributed by atoms with E-state index in [9.17, 15) is 16.8 Å². The summed E-state index contributed by atoms with van der Waals surface area (Å²) in [6.45, 7) is 2.40. The molecule has 1 aliphatic heterocycles. The van der Waals surface area contributed by atoms with Gasteiger partial charge in [-0.15, -0.1) is 0 Å². The van der Waals surface area contributed by atoms with E-state index in [4.69, 9.17) is 9.88 Å². The number of hydrogen-bond donors (Lipinski definition) is 2. The predicted molar refractivity (Wildman–Crippen MR) is 72.0 cm³/mol. The molecule has 1 aromatic carbocycles. The number of rotatable bonds is 4. The molecule has 1 unspecified atom stereocenters. The molecule has 3 N–H and O–H groups in total. The molecule has 2 rings (SSSR count). The van der Waals surface area contributed by atoms with Gasteiger partial charge in [-0.05, 0) is 25.5 Å². The van der Waals surface area contributed by atoms with E-state index >= 15 is 0 Å². The van der Waals surface area contributed by atoms with Crippen molar-refractivity contribution in [3.63, 3.8) is 0 Å². The Kier molecular flexibility index (Phi) is 3.91. The van der Waals surface area contributed by atoms with Gasteiger partial charge in [-0.1, -0.05) is 12.1 Å². The minimum absolute atomic E-state index is 0.240. The summed E-state index contributed by atoms with van der Waals surface area (Å²) >= 11 is 0. The van der Waals surface area contributed by atoms with Crippen molar-refractivity contribution >= 4 is 20.0 Å². The predicted octanol–water partition coefficient (Wildman–Crippen LogP) is -0.209. The summed E-state index contributed by atoms with van der Waals surface area (Å²) in [4.78, 5) is -0.773. The second-order valence-electron chi connectivity index (χ2n) is 4.96. The molecule has 1 atom stereocenters. The zero-order valence-corrected chi connectivity index (χ0v) is 12.5. The lowest BCUT2D eigenvalue weighted by Gasteiger charge is -2.23. The molecule has 1 heterocycles. The highest BCUT2D eigenvalue weighted by Gasteiger charge is 2.36. The van der Waals surface area contributed by atoms with Gasteiger partial charge in [-0.25, -0.2) is 26.7 Å². The average Bonchev–Trinajstić information content (AvgIpc) is 2.73. The normalized spacial score (nSPS) is 23.9. The van der Waals surface area contributed by atoms with Crippen LogP contribution >= 0.6 is 0 Å².